The van der Waals surface area contributed by atoms with Gasteiger partial charge >= 0.3 is 5.97 Å². The number of carbonyl (C=O) groups is 1. The molecule has 0 aliphatic heterocycles. The lowest BCUT2D eigenvalue weighted by Gasteiger charge is -2.12. The van der Waals surface area contributed by atoms with Crippen LogP contribution in [-0.2, 0) is 16.0 Å². The van der Waals surface area contributed by atoms with E-state index in [1.807, 2.05) is 0 Å². The molecule has 5 nitrogen and oxygen atoms in total. The minimum Gasteiger partial charge on any atom is -0.481 e. The highest BCUT2D eigenvalue weighted by atomic mass is 19.3. The maximum Gasteiger partial charge on any atom is 0.310 e. The van der Waals surface area contributed by atoms with Crippen molar-refractivity contribution in [1.82, 2.24) is 4.98 Å². The lowest BCUT2D eigenvalue weighted by atomic mass is 10.1. The molecule has 0 N–H and O–H groups in total. The maximum atomic E-state index is 13.0. The number of halogens is 2. The molecule has 7 heteroatoms. The van der Waals surface area contributed by atoms with Crippen molar-refractivity contribution in [2.45, 2.75) is 19.8 Å². The van der Waals surface area contributed by atoms with Crippen molar-refractivity contribution in [3.63, 3.8) is 0 Å². The third-order valence-corrected chi connectivity index (χ3v) is 2.29. The van der Waals surface area contributed by atoms with Gasteiger partial charge in [0.1, 0.15) is 11.8 Å². The molecule has 0 fully saturated rings. The predicted molar refractivity (Wildman–Crippen MR) is 60.8 cm³/mol. The predicted octanol–water partition coefficient (Wildman–Crippen LogP) is 2.01. The summed E-state index contributed by atoms with van der Waals surface area (Å²) in [5, 5.41) is 8.72. The second kappa shape index (κ2) is 6.64. The number of hydrogen-bond donors (Lipinski definition) is 0. The van der Waals surface area contributed by atoms with E-state index in [2.05, 4.69) is 4.98 Å². The van der Waals surface area contributed by atoms with E-state index >= 15 is 0 Å². The molecule has 102 valence electrons. The highest BCUT2D eigenvalue weighted by molar-refractivity contribution is 5.74. The number of alkyl halides is 2. The number of nitrogens with zero attached hydrogens (tertiary/aromatic N) is 2. The summed E-state index contributed by atoms with van der Waals surface area (Å²) in [6.07, 6.45) is -3.22. The van der Waals surface area contributed by atoms with Crippen LogP contribution in [0, 0.1) is 11.3 Å². The van der Waals surface area contributed by atoms with E-state index in [9.17, 15) is 13.6 Å². The number of rotatable bonds is 5. The van der Waals surface area contributed by atoms with E-state index in [-0.39, 0.29) is 30.2 Å². The van der Waals surface area contributed by atoms with Crippen LogP contribution in [0.3, 0.4) is 0 Å². The van der Waals surface area contributed by atoms with Crippen molar-refractivity contribution in [2.24, 2.45) is 0 Å². The first-order valence-corrected chi connectivity index (χ1v) is 5.45. The summed E-state index contributed by atoms with van der Waals surface area (Å²) < 4.78 is 35.5. The molecule has 0 unspecified atom stereocenters. The number of hydrogen-bond acceptors (Lipinski definition) is 5. The molecule has 0 bridgehead atoms. The molecule has 0 spiro atoms. The van der Waals surface area contributed by atoms with Gasteiger partial charge in [0.25, 0.3) is 6.43 Å². The van der Waals surface area contributed by atoms with Crippen molar-refractivity contribution in [2.75, 3.05) is 13.7 Å². The van der Waals surface area contributed by atoms with Crippen LogP contribution in [0.25, 0.3) is 0 Å². The molecule has 0 atom stereocenters. The zero-order chi connectivity index (χ0) is 14.4. The Hall–Kier alpha value is -2.23. The smallest absolute Gasteiger partial charge is 0.310 e. The SMILES string of the molecule is CCOC(=O)Cc1c(C(F)F)cc(C#N)nc1OC. The van der Waals surface area contributed by atoms with Gasteiger partial charge in [0, 0.05) is 11.1 Å². The maximum absolute atomic E-state index is 13.0. The first kappa shape index (κ1) is 14.8. The van der Waals surface area contributed by atoms with Gasteiger partial charge in [0.05, 0.1) is 20.1 Å². The van der Waals surface area contributed by atoms with Gasteiger partial charge in [0.2, 0.25) is 5.88 Å². The zero-order valence-electron chi connectivity index (χ0n) is 10.4. The lowest BCUT2D eigenvalue weighted by Crippen LogP contribution is -2.12. The molecule has 0 saturated carbocycles. The third-order valence-electron chi connectivity index (χ3n) is 2.29. The molecule has 1 aromatic heterocycles. The Morgan fingerprint density at radius 2 is 2.26 bits per heavy atom. The number of nitriles is 1. The standard InChI is InChI=1S/C12H12F2N2O3/c1-3-19-10(17)5-9-8(11(13)14)4-7(6-15)16-12(9)18-2/h4,11H,3,5H2,1-2H3. The minimum atomic E-state index is -2.84. The van der Waals surface area contributed by atoms with Crippen LogP contribution in [0.1, 0.15) is 30.2 Å². The van der Waals surface area contributed by atoms with Crippen LogP contribution in [0.2, 0.25) is 0 Å². The van der Waals surface area contributed by atoms with E-state index in [0.717, 1.165) is 6.07 Å². The first-order valence-electron chi connectivity index (χ1n) is 5.45. The number of carbonyl (C=O) groups excluding carboxylic acids is 1. The molecule has 0 aromatic carbocycles. The molecule has 1 aromatic rings. The normalized spacial score (nSPS) is 10.1. The fourth-order valence-electron chi connectivity index (χ4n) is 1.52. The monoisotopic (exact) mass is 270 g/mol. The molecule has 0 aliphatic rings. The Kier molecular flexibility index (Phi) is 5.18. The van der Waals surface area contributed by atoms with Gasteiger partial charge in [0.15, 0.2) is 0 Å². The van der Waals surface area contributed by atoms with Crippen LogP contribution in [0.5, 0.6) is 5.88 Å². The Labute approximate surface area is 108 Å². The molecule has 0 radical (unpaired) electrons. The molecule has 0 saturated heterocycles. The Balaban J connectivity index is 3.26. The number of ether oxygens (including phenoxy) is 2. The van der Waals surface area contributed by atoms with Gasteiger partial charge < -0.3 is 9.47 Å². The number of aromatic nitrogens is 1. The quantitative estimate of drug-likeness (QED) is 0.765. The van der Waals surface area contributed by atoms with E-state index in [0.29, 0.717) is 0 Å². The molecule has 1 rings (SSSR count). The Morgan fingerprint density at radius 1 is 1.58 bits per heavy atom. The fourth-order valence-corrected chi connectivity index (χ4v) is 1.52. The summed E-state index contributed by atoms with van der Waals surface area (Å²) in [6, 6.07) is 2.61. The van der Waals surface area contributed by atoms with E-state index < -0.39 is 18.0 Å². The van der Waals surface area contributed by atoms with Crippen LogP contribution in [0.4, 0.5) is 8.78 Å². The van der Waals surface area contributed by atoms with Gasteiger partial charge in [-0.2, -0.15) is 5.26 Å². The first-order chi connectivity index (χ1) is 9.03. The van der Waals surface area contributed by atoms with Gasteiger partial charge in [-0.25, -0.2) is 13.8 Å². The average Bonchev–Trinajstić information content (AvgIpc) is 2.38. The van der Waals surface area contributed by atoms with Crippen LogP contribution >= 0.6 is 0 Å². The summed E-state index contributed by atoms with van der Waals surface area (Å²) in [5.41, 5.74) is -0.703. The number of esters is 1. The van der Waals surface area contributed by atoms with Crippen LogP contribution < -0.4 is 4.74 Å². The molecular weight excluding hydrogens is 258 g/mol. The Bertz CT molecular complexity index is 512. The lowest BCUT2D eigenvalue weighted by molar-refractivity contribution is -0.142. The van der Waals surface area contributed by atoms with Crippen molar-refractivity contribution in [3.8, 4) is 11.9 Å². The van der Waals surface area contributed by atoms with Crippen molar-refractivity contribution < 1.29 is 23.0 Å². The highest BCUT2D eigenvalue weighted by Crippen LogP contribution is 2.30. The molecule has 0 amide bonds. The molecular formula is C12H12F2N2O3. The molecule has 1 heterocycles. The van der Waals surface area contributed by atoms with Crippen molar-refractivity contribution in [3.05, 3.63) is 22.9 Å². The zero-order valence-corrected chi connectivity index (χ0v) is 10.4. The van der Waals surface area contributed by atoms with Gasteiger partial charge in [-0.3, -0.25) is 4.79 Å². The second-order valence-corrected chi connectivity index (χ2v) is 3.48. The second-order valence-electron chi connectivity index (χ2n) is 3.48. The highest BCUT2D eigenvalue weighted by Gasteiger charge is 2.22. The number of pyridine rings is 1. The Morgan fingerprint density at radius 3 is 2.74 bits per heavy atom. The minimum absolute atomic E-state index is 0.0602. The topological polar surface area (TPSA) is 72.2 Å². The fraction of sp³-hybridized carbons (Fsp3) is 0.417. The van der Waals surface area contributed by atoms with Crippen LogP contribution in [0.15, 0.2) is 6.07 Å². The summed E-state index contributed by atoms with van der Waals surface area (Å²) >= 11 is 0. The van der Waals surface area contributed by atoms with E-state index in [1.165, 1.54) is 7.11 Å². The van der Waals surface area contributed by atoms with Crippen molar-refractivity contribution in [1.29, 1.82) is 5.26 Å². The van der Waals surface area contributed by atoms with E-state index in [1.54, 1.807) is 13.0 Å². The van der Waals surface area contributed by atoms with Gasteiger partial charge in [-0.15, -0.1) is 0 Å². The molecule has 0 aliphatic carbocycles. The van der Waals surface area contributed by atoms with E-state index in [4.69, 9.17) is 14.7 Å². The van der Waals surface area contributed by atoms with Gasteiger partial charge in [-0.1, -0.05) is 0 Å². The van der Waals surface area contributed by atoms with Gasteiger partial charge in [-0.05, 0) is 13.0 Å². The van der Waals surface area contributed by atoms with Crippen LogP contribution in [-0.4, -0.2) is 24.7 Å². The number of methoxy groups -OCH3 is 1. The van der Waals surface area contributed by atoms with Crippen molar-refractivity contribution >= 4 is 5.97 Å². The largest absolute Gasteiger partial charge is 0.481 e. The molecule has 19 heavy (non-hydrogen) atoms. The average molecular weight is 270 g/mol. The summed E-state index contributed by atoms with van der Waals surface area (Å²) in [6.45, 7) is 1.76. The summed E-state index contributed by atoms with van der Waals surface area (Å²) in [4.78, 5) is 15.1. The summed E-state index contributed by atoms with van der Waals surface area (Å²) in [5.74, 6) is -0.823. The summed E-state index contributed by atoms with van der Waals surface area (Å²) in [7, 11) is 1.23. The third kappa shape index (κ3) is 3.61.